The molecule has 0 unspecified atom stereocenters. The van der Waals surface area contributed by atoms with Crippen LogP contribution in [0, 0.1) is 5.82 Å². The van der Waals surface area contributed by atoms with Crippen LogP contribution in [-0.4, -0.2) is 17.5 Å². The molecular weight excluding hydrogens is 311 g/mol. The third kappa shape index (κ3) is 3.98. The number of hydrogen-bond acceptors (Lipinski definition) is 4. The maximum atomic E-state index is 13.4. The van der Waals surface area contributed by atoms with E-state index in [-0.39, 0.29) is 18.3 Å². The normalized spacial score (nSPS) is 10.4. The minimum Gasteiger partial charge on any atom is -0.481 e. The number of rotatable bonds is 6. The molecule has 3 aromatic rings. The maximum absolute atomic E-state index is 13.4. The van der Waals surface area contributed by atoms with Crippen LogP contribution in [0.5, 0.6) is 5.75 Å². The molecule has 1 N–H and O–H groups in total. The fraction of sp³-hybridized carbons (Fsp3) is 0.111. The second-order valence-electron chi connectivity index (χ2n) is 5.02. The molecule has 0 aliphatic carbocycles. The number of para-hydroxylation sites is 1. The molecule has 0 saturated heterocycles. The van der Waals surface area contributed by atoms with Crippen molar-refractivity contribution in [1.82, 2.24) is 10.3 Å². The largest absolute Gasteiger partial charge is 0.481 e. The van der Waals surface area contributed by atoms with Gasteiger partial charge in [0.1, 0.15) is 5.69 Å². The number of amides is 1. The van der Waals surface area contributed by atoms with Crippen LogP contribution in [0.15, 0.2) is 65.4 Å². The maximum Gasteiger partial charge on any atom is 0.258 e. The second-order valence-corrected chi connectivity index (χ2v) is 5.02. The van der Waals surface area contributed by atoms with Crippen LogP contribution in [0.1, 0.15) is 5.56 Å². The molecule has 0 spiro atoms. The molecule has 0 fully saturated rings. The fourth-order valence-corrected chi connectivity index (χ4v) is 2.06. The Morgan fingerprint density at radius 1 is 1.17 bits per heavy atom. The summed E-state index contributed by atoms with van der Waals surface area (Å²) in [5.74, 6) is -0.0997. The highest BCUT2D eigenvalue weighted by Crippen LogP contribution is 2.17. The van der Waals surface area contributed by atoms with E-state index in [4.69, 9.17) is 9.15 Å². The van der Waals surface area contributed by atoms with Crippen LogP contribution in [0.4, 0.5) is 4.39 Å². The van der Waals surface area contributed by atoms with Crippen molar-refractivity contribution in [3.05, 3.63) is 72.4 Å². The van der Waals surface area contributed by atoms with Crippen molar-refractivity contribution in [3.8, 4) is 17.2 Å². The summed E-state index contributed by atoms with van der Waals surface area (Å²) in [4.78, 5) is 16.0. The number of nitrogens with zero attached hydrogens (tertiary/aromatic N) is 1. The van der Waals surface area contributed by atoms with Gasteiger partial charge in [0, 0.05) is 12.7 Å². The van der Waals surface area contributed by atoms with Crippen LogP contribution in [0.25, 0.3) is 11.5 Å². The number of halogens is 1. The van der Waals surface area contributed by atoms with Crippen LogP contribution in [-0.2, 0) is 11.3 Å². The number of carbonyl (C=O) groups excluding carboxylic acids is 1. The van der Waals surface area contributed by atoms with Crippen molar-refractivity contribution in [2.45, 2.75) is 6.54 Å². The van der Waals surface area contributed by atoms with Crippen molar-refractivity contribution in [2.24, 2.45) is 0 Å². The van der Waals surface area contributed by atoms with Crippen LogP contribution >= 0.6 is 0 Å². The summed E-state index contributed by atoms with van der Waals surface area (Å²) in [6.07, 6.45) is 3.25. The Hall–Kier alpha value is -3.15. The number of pyridine rings is 1. The average Bonchev–Trinajstić information content (AvgIpc) is 3.14. The lowest BCUT2D eigenvalue weighted by molar-refractivity contribution is -0.123. The molecule has 6 heteroatoms. The first-order valence-electron chi connectivity index (χ1n) is 7.35. The van der Waals surface area contributed by atoms with Crippen LogP contribution in [0.3, 0.4) is 0 Å². The number of carbonyl (C=O) groups is 1. The first-order valence-corrected chi connectivity index (χ1v) is 7.35. The van der Waals surface area contributed by atoms with Gasteiger partial charge < -0.3 is 14.5 Å². The third-order valence-corrected chi connectivity index (χ3v) is 3.28. The summed E-state index contributed by atoms with van der Waals surface area (Å²) < 4.78 is 23.8. The van der Waals surface area contributed by atoms with Crippen molar-refractivity contribution < 1.29 is 18.3 Å². The summed E-state index contributed by atoms with van der Waals surface area (Å²) in [6.45, 7) is 0.0593. The Balaban J connectivity index is 1.48. The molecule has 1 amide bonds. The summed E-state index contributed by atoms with van der Waals surface area (Å²) in [6, 6.07) is 13.2. The van der Waals surface area contributed by atoms with E-state index < -0.39 is 5.82 Å². The lowest BCUT2D eigenvalue weighted by atomic mass is 10.2. The standard InChI is InChI=1S/C18H15FN2O3/c19-14-4-1-2-5-16(14)24-12-18(22)21-11-13-7-8-15(20-10-13)17-6-3-9-23-17/h1-10H,11-12H2,(H,21,22). The molecule has 5 nitrogen and oxygen atoms in total. The van der Waals surface area contributed by atoms with Gasteiger partial charge in [-0.15, -0.1) is 0 Å². The predicted octanol–water partition coefficient (Wildman–Crippen LogP) is 3.18. The molecule has 0 radical (unpaired) electrons. The number of furan rings is 1. The zero-order chi connectivity index (χ0) is 16.8. The number of ether oxygens (including phenoxy) is 1. The summed E-state index contributed by atoms with van der Waals surface area (Å²) >= 11 is 0. The average molecular weight is 326 g/mol. The van der Waals surface area contributed by atoms with Gasteiger partial charge in [-0.1, -0.05) is 18.2 Å². The summed E-state index contributed by atoms with van der Waals surface area (Å²) in [5, 5.41) is 2.69. The minimum atomic E-state index is -0.497. The van der Waals surface area contributed by atoms with E-state index in [0.29, 0.717) is 12.3 Å². The molecule has 3 rings (SSSR count). The van der Waals surface area contributed by atoms with Gasteiger partial charge in [0.2, 0.25) is 0 Å². The summed E-state index contributed by atoms with van der Waals surface area (Å²) in [7, 11) is 0. The smallest absolute Gasteiger partial charge is 0.258 e. The fourth-order valence-electron chi connectivity index (χ4n) is 2.06. The Bertz CT molecular complexity index is 801. The lowest BCUT2D eigenvalue weighted by Crippen LogP contribution is -2.28. The summed E-state index contributed by atoms with van der Waals surface area (Å²) in [5.41, 5.74) is 1.56. The molecule has 0 atom stereocenters. The second kappa shape index (κ2) is 7.41. The van der Waals surface area contributed by atoms with Gasteiger partial charge in [-0.2, -0.15) is 0 Å². The third-order valence-electron chi connectivity index (χ3n) is 3.28. The number of hydrogen-bond donors (Lipinski definition) is 1. The minimum absolute atomic E-state index is 0.0529. The van der Waals surface area contributed by atoms with Gasteiger partial charge in [0.25, 0.3) is 5.91 Å². The highest BCUT2D eigenvalue weighted by atomic mass is 19.1. The van der Waals surface area contributed by atoms with E-state index in [1.54, 1.807) is 30.7 Å². The van der Waals surface area contributed by atoms with Crippen molar-refractivity contribution in [1.29, 1.82) is 0 Å². The van der Waals surface area contributed by atoms with Gasteiger partial charge >= 0.3 is 0 Å². The topological polar surface area (TPSA) is 64.4 Å². The molecule has 2 heterocycles. The van der Waals surface area contributed by atoms with Crippen molar-refractivity contribution in [3.63, 3.8) is 0 Å². The molecule has 0 bridgehead atoms. The highest BCUT2D eigenvalue weighted by Gasteiger charge is 2.07. The first-order chi connectivity index (χ1) is 11.7. The zero-order valence-corrected chi connectivity index (χ0v) is 12.7. The number of nitrogens with one attached hydrogen (secondary N) is 1. The zero-order valence-electron chi connectivity index (χ0n) is 12.7. The molecule has 2 aromatic heterocycles. The Morgan fingerprint density at radius 2 is 2.04 bits per heavy atom. The van der Waals surface area contributed by atoms with Gasteiger partial charge in [-0.3, -0.25) is 9.78 Å². The predicted molar refractivity (Wildman–Crippen MR) is 85.7 cm³/mol. The van der Waals surface area contributed by atoms with E-state index in [2.05, 4.69) is 10.3 Å². The number of benzene rings is 1. The van der Waals surface area contributed by atoms with E-state index >= 15 is 0 Å². The van der Waals surface area contributed by atoms with E-state index in [1.807, 2.05) is 18.2 Å². The van der Waals surface area contributed by atoms with Gasteiger partial charge in [-0.05, 0) is 35.9 Å². The molecule has 0 aliphatic rings. The Morgan fingerprint density at radius 3 is 2.75 bits per heavy atom. The van der Waals surface area contributed by atoms with E-state index in [1.165, 1.54) is 12.1 Å². The number of aromatic nitrogens is 1. The molecule has 122 valence electrons. The molecule has 1 aromatic carbocycles. The molecular formula is C18H15FN2O3. The van der Waals surface area contributed by atoms with Gasteiger partial charge in [0.05, 0.1) is 6.26 Å². The van der Waals surface area contributed by atoms with Crippen molar-refractivity contribution in [2.75, 3.05) is 6.61 Å². The monoisotopic (exact) mass is 326 g/mol. The van der Waals surface area contributed by atoms with Crippen LogP contribution in [0.2, 0.25) is 0 Å². The lowest BCUT2D eigenvalue weighted by Gasteiger charge is -2.08. The van der Waals surface area contributed by atoms with Gasteiger partial charge in [0.15, 0.2) is 23.9 Å². The quantitative estimate of drug-likeness (QED) is 0.756. The van der Waals surface area contributed by atoms with E-state index in [0.717, 1.165) is 11.3 Å². The first kappa shape index (κ1) is 15.7. The molecule has 0 saturated carbocycles. The Labute approximate surface area is 138 Å². The van der Waals surface area contributed by atoms with Crippen LogP contribution < -0.4 is 10.1 Å². The highest BCUT2D eigenvalue weighted by molar-refractivity contribution is 5.77. The van der Waals surface area contributed by atoms with Gasteiger partial charge in [-0.25, -0.2) is 4.39 Å². The SMILES string of the molecule is O=C(COc1ccccc1F)NCc1ccc(-c2ccco2)nc1. The molecule has 0 aliphatic heterocycles. The van der Waals surface area contributed by atoms with E-state index in [9.17, 15) is 9.18 Å². The van der Waals surface area contributed by atoms with Crippen molar-refractivity contribution >= 4 is 5.91 Å². The molecule has 24 heavy (non-hydrogen) atoms. The Kier molecular flexibility index (Phi) is 4.86.